The predicted molar refractivity (Wildman–Crippen MR) is 67.1 cm³/mol. The smallest absolute Gasteiger partial charge is 0.304 e. The van der Waals surface area contributed by atoms with E-state index >= 15 is 0 Å². The summed E-state index contributed by atoms with van der Waals surface area (Å²) in [5.41, 5.74) is 5.50. The highest BCUT2D eigenvalue weighted by atomic mass is 16.4. The van der Waals surface area contributed by atoms with E-state index in [2.05, 4.69) is 30.9 Å². The van der Waals surface area contributed by atoms with Gasteiger partial charge in [0.2, 0.25) is 0 Å². The Hall–Kier alpha value is -1.35. The SMILES string of the molecule is Cc1cc(C)c2c(c1)CN(CCC(=O)O)CC2. The number of hydrogen-bond donors (Lipinski definition) is 1. The second kappa shape index (κ2) is 4.88. The molecule has 0 amide bonds. The molecule has 17 heavy (non-hydrogen) atoms. The molecule has 0 saturated carbocycles. The lowest BCUT2D eigenvalue weighted by Crippen LogP contribution is -2.32. The summed E-state index contributed by atoms with van der Waals surface area (Å²) in [5.74, 6) is -0.712. The normalized spacial score (nSPS) is 15.6. The quantitative estimate of drug-likeness (QED) is 0.869. The lowest BCUT2D eigenvalue weighted by atomic mass is 9.93. The Morgan fingerprint density at radius 2 is 2.18 bits per heavy atom. The fourth-order valence-corrected chi connectivity index (χ4v) is 2.62. The summed E-state index contributed by atoms with van der Waals surface area (Å²) in [4.78, 5) is 12.8. The van der Waals surface area contributed by atoms with Crippen molar-refractivity contribution in [3.8, 4) is 0 Å². The molecule has 0 bridgehead atoms. The van der Waals surface area contributed by atoms with Crippen molar-refractivity contribution in [3.63, 3.8) is 0 Å². The van der Waals surface area contributed by atoms with E-state index in [1.807, 2.05) is 0 Å². The number of carbonyl (C=O) groups is 1. The maximum Gasteiger partial charge on any atom is 0.304 e. The highest BCUT2D eigenvalue weighted by Gasteiger charge is 2.18. The monoisotopic (exact) mass is 233 g/mol. The number of nitrogens with zero attached hydrogens (tertiary/aromatic N) is 1. The summed E-state index contributed by atoms with van der Waals surface area (Å²) in [7, 11) is 0. The summed E-state index contributed by atoms with van der Waals surface area (Å²) in [5, 5.41) is 8.70. The van der Waals surface area contributed by atoms with Crippen LogP contribution in [-0.2, 0) is 17.8 Å². The molecule has 0 radical (unpaired) electrons. The van der Waals surface area contributed by atoms with Crippen molar-refractivity contribution in [1.29, 1.82) is 0 Å². The number of aliphatic carboxylic acids is 1. The highest BCUT2D eigenvalue weighted by Crippen LogP contribution is 2.23. The van der Waals surface area contributed by atoms with Crippen molar-refractivity contribution in [2.75, 3.05) is 13.1 Å². The first-order valence-electron chi connectivity index (χ1n) is 6.09. The van der Waals surface area contributed by atoms with E-state index in [1.54, 1.807) is 0 Å². The topological polar surface area (TPSA) is 40.5 Å². The second-order valence-electron chi connectivity index (χ2n) is 4.89. The average molecular weight is 233 g/mol. The zero-order valence-electron chi connectivity index (χ0n) is 10.5. The molecule has 0 spiro atoms. The minimum atomic E-state index is -0.712. The third kappa shape index (κ3) is 2.86. The van der Waals surface area contributed by atoms with Gasteiger partial charge in [0.1, 0.15) is 0 Å². The molecule has 92 valence electrons. The largest absolute Gasteiger partial charge is 0.481 e. The highest BCUT2D eigenvalue weighted by molar-refractivity contribution is 5.66. The van der Waals surface area contributed by atoms with Gasteiger partial charge in [0, 0.05) is 19.6 Å². The van der Waals surface area contributed by atoms with Crippen LogP contribution in [-0.4, -0.2) is 29.1 Å². The first-order chi connectivity index (χ1) is 8.06. The Morgan fingerprint density at radius 3 is 2.88 bits per heavy atom. The molecule has 1 aromatic rings. The minimum Gasteiger partial charge on any atom is -0.481 e. The van der Waals surface area contributed by atoms with Crippen molar-refractivity contribution < 1.29 is 9.90 Å². The van der Waals surface area contributed by atoms with Crippen molar-refractivity contribution in [2.24, 2.45) is 0 Å². The fraction of sp³-hybridized carbons (Fsp3) is 0.500. The third-order valence-corrected chi connectivity index (χ3v) is 3.42. The molecular weight excluding hydrogens is 214 g/mol. The molecule has 0 aliphatic carbocycles. The van der Waals surface area contributed by atoms with Gasteiger partial charge >= 0.3 is 5.97 Å². The molecule has 1 heterocycles. The number of hydrogen-bond acceptors (Lipinski definition) is 2. The number of carboxylic acid groups (broad SMARTS) is 1. The van der Waals surface area contributed by atoms with Crippen LogP contribution < -0.4 is 0 Å². The van der Waals surface area contributed by atoms with Gasteiger partial charge in [-0.15, -0.1) is 0 Å². The van der Waals surface area contributed by atoms with Crippen LogP contribution in [0.1, 0.15) is 28.7 Å². The summed E-state index contributed by atoms with van der Waals surface area (Å²) in [6.07, 6.45) is 1.28. The maximum absolute atomic E-state index is 10.6. The van der Waals surface area contributed by atoms with Crippen LogP contribution in [0.15, 0.2) is 12.1 Å². The van der Waals surface area contributed by atoms with Crippen LogP contribution in [0.2, 0.25) is 0 Å². The molecule has 1 aliphatic rings. The fourth-order valence-electron chi connectivity index (χ4n) is 2.62. The average Bonchev–Trinajstić information content (AvgIpc) is 2.25. The van der Waals surface area contributed by atoms with E-state index in [9.17, 15) is 4.79 Å². The molecule has 2 rings (SSSR count). The van der Waals surface area contributed by atoms with Crippen LogP contribution in [0.25, 0.3) is 0 Å². The van der Waals surface area contributed by atoms with E-state index in [-0.39, 0.29) is 6.42 Å². The predicted octanol–water partition coefficient (Wildman–Crippen LogP) is 2.14. The second-order valence-corrected chi connectivity index (χ2v) is 4.89. The molecule has 0 fully saturated rings. The number of benzene rings is 1. The summed E-state index contributed by atoms with van der Waals surface area (Å²) >= 11 is 0. The molecule has 0 atom stereocenters. The Bertz CT molecular complexity index is 440. The van der Waals surface area contributed by atoms with Crippen LogP contribution in [0.5, 0.6) is 0 Å². The van der Waals surface area contributed by atoms with Gasteiger partial charge in [0.25, 0.3) is 0 Å². The third-order valence-electron chi connectivity index (χ3n) is 3.42. The Morgan fingerprint density at radius 1 is 1.41 bits per heavy atom. The molecule has 3 nitrogen and oxygen atoms in total. The number of carboxylic acids is 1. The van der Waals surface area contributed by atoms with Gasteiger partial charge in [-0.1, -0.05) is 17.7 Å². The first-order valence-corrected chi connectivity index (χ1v) is 6.09. The van der Waals surface area contributed by atoms with Gasteiger partial charge in [0.05, 0.1) is 6.42 Å². The van der Waals surface area contributed by atoms with E-state index in [1.165, 1.54) is 22.3 Å². The molecule has 0 aromatic heterocycles. The molecular formula is C14H19NO2. The molecule has 1 aliphatic heterocycles. The standard InChI is InChI=1S/C14H19NO2/c1-10-7-11(2)13-3-5-15(6-4-14(16)17)9-12(13)8-10/h7-8H,3-6,9H2,1-2H3,(H,16,17). The molecule has 1 N–H and O–H groups in total. The van der Waals surface area contributed by atoms with Crippen molar-refractivity contribution in [1.82, 2.24) is 4.90 Å². The summed E-state index contributed by atoms with van der Waals surface area (Å²) in [6.45, 7) is 6.80. The van der Waals surface area contributed by atoms with Crippen LogP contribution >= 0.6 is 0 Å². The van der Waals surface area contributed by atoms with E-state index in [0.29, 0.717) is 6.54 Å². The number of aryl methyl sites for hydroxylation is 2. The molecule has 0 saturated heterocycles. The Kier molecular flexibility index (Phi) is 3.48. The minimum absolute atomic E-state index is 0.236. The van der Waals surface area contributed by atoms with Gasteiger partial charge < -0.3 is 5.11 Å². The van der Waals surface area contributed by atoms with Crippen molar-refractivity contribution >= 4 is 5.97 Å². The Labute approximate surface area is 102 Å². The van der Waals surface area contributed by atoms with E-state index in [0.717, 1.165) is 19.5 Å². The maximum atomic E-state index is 10.6. The number of fused-ring (bicyclic) bond motifs is 1. The lowest BCUT2D eigenvalue weighted by molar-refractivity contribution is -0.137. The van der Waals surface area contributed by atoms with Crippen LogP contribution in [0.4, 0.5) is 0 Å². The van der Waals surface area contributed by atoms with Crippen LogP contribution in [0, 0.1) is 13.8 Å². The van der Waals surface area contributed by atoms with Crippen LogP contribution in [0.3, 0.4) is 0 Å². The number of rotatable bonds is 3. The molecule has 3 heteroatoms. The van der Waals surface area contributed by atoms with E-state index in [4.69, 9.17) is 5.11 Å². The van der Waals surface area contributed by atoms with Gasteiger partial charge in [-0.05, 0) is 37.0 Å². The van der Waals surface area contributed by atoms with Gasteiger partial charge in [-0.3, -0.25) is 9.69 Å². The Balaban J connectivity index is 2.10. The van der Waals surface area contributed by atoms with Crippen molar-refractivity contribution in [3.05, 3.63) is 34.4 Å². The zero-order valence-corrected chi connectivity index (χ0v) is 10.5. The lowest BCUT2D eigenvalue weighted by Gasteiger charge is -2.29. The molecule has 0 unspecified atom stereocenters. The first kappa shape index (κ1) is 12.1. The summed E-state index contributed by atoms with van der Waals surface area (Å²) in [6, 6.07) is 4.46. The zero-order chi connectivity index (χ0) is 12.4. The van der Waals surface area contributed by atoms with Gasteiger partial charge in [-0.2, -0.15) is 0 Å². The van der Waals surface area contributed by atoms with Gasteiger partial charge in [-0.25, -0.2) is 0 Å². The summed E-state index contributed by atoms with van der Waals surface area (Å²) < 4.78 is 0. The van der Waals surface area contributed by atoms with Gasteiger partial charge in [0.15, 0.2) is 0 Å². The van der Waals surface area contributed by atoms with E-state index < -0.39 is 5.97 Å². The van der Waals surface area contributed by atoms with Crippen molar-refractivity contribution in [2.45, 2.75) is 33.2 Å². The molecule has 1 aromatic carbocycles.